The van der Waals surface area contributed by atoms with Crippen LogP contribution in [0.1, 0.15) is 127 Å². The van der Waals surface area contributed by atoms with E-state index in [0.29, 0.717) is 0 Å². The number of rotatable bonds is 20. The first-order chi connectivity index (χ1) is 26.4. The zero-order valence-electron chi connectivity index (χ0n) is 33.0. The van der Waals surface area contributed by atoms with E-state index in [-0.39, 0.29) is 0 Å². The fraction of sp³-hybridized carbons (Fsp3) is 0.455. The summed E-state index contributed by atoms with van der Waals surface area (Å²) in [6.07, 6.45) is 37.3. The first kappa shape index (κ1) is 44.2. The standard InChI is InChI=1S/4C11H15.6S.4Sn/c4*1-2-3-5-8-11-9-6-4-7-10-11;;;;;;;;;;/h4*6-7,9-10H,2-3,5,8H2,1H3;;;;;;;;;;. The van der Waals surface area contributed by atoms with E-state index in [1.54, 1.807) is 22.3 Å². The third-order valence-corrected chi connectivity index (χ3v) is 528. The van der Waals surface area contributed by atoms with Crippen LogP contribution in [-0.2, 0) is 25.7 Å². The first-order valence-corrected chi connectivity index (χ1v) is 73.5. The van der Waals surface area contributed by atoms with E-state index in [1.165, 1.54) is 103 Å². The van der Waals surface area contributed by atoms with Crippen molar-refractivity contribution in [2.75, 3.05) is 0 Å². The van der Waals surface area contributed by atoms with Crippen molar-refractivity contribution in [3.05, 3.63) is 119 Å². The molecule has 0 amide bonds. The summed E-state index contributed by atoms with van der Waals surface area (Å²) in [5.74, 6) is 0. The number of aryl methyl sites for hydroxylation is 4. The fourth-order valence-electron chi connectivity index (χ4n) is 7.84. The Bertz CT molecular complexity index is 1480. The van der Waals surface area contributed by atoms with Gasteiger partial charge in [-0.1, -0.05) is 0 Å². The van der Waals surface area contributed by atoms with Crippen LogP contribution in [0.25, 0.3) is 0 Å². The van der Waals surface area contributed by atoms with Gasteiger partial charge in [-0.2, -0.15) is 0 Å². The van der Waals surface area contributed by atoms with Crippen LogP contribution >= 0.6 is 36.8 Å². The van der Waals surface area contributed by atoms with Crippen LogP contribution in [0.3, 0.4) is 0 Å². The van der Waals surface area contributed by atoms with Gasteiger partial charge < -0.3 is 0 Å². The average molecular weight is 1260 g/mol. The van der Waals surface area contributed by atoms with E-state index in [1.807, 2.05) is 14.3 Å². The van der Waals surface area contributed by atoms with Gasteiger partial charge in [0.05, 0.1) is 0 Å². The maximum atomic E-state index is 2.75. The molecule has 4 aliphatic heterocycles. The number of unbranched alkanes of at least 4 members (excludes halogenated alkanes) is 8. The molecule has 288 valence electrons. The Kier molecular flexibility index (Phi) is 17.1. The van der Waals surface area contributed by atoms with E-state index in [0.717, 1.165) is 0 Å². The van der Waals surface area contributed by atoms with Gasteiger partial charge in [-0.25, -0.2) is 0 Å². The zero-order valence-corrected chi connectivity index (χ0v) is 49.3. The monoisotopic (exact) mass is 1260 g/mol. The molecule has 4 aliphatic rings. The molecule has 0 atom stereocenters. The van der Waals surface area contributed by atoms with Gasteiger partial charge in [0, 0.05) is 0 Å². The molecule has 0 spiro atoms. The molecular formula is C44H60S6Sn4. The van der Waals surface area contributed by atoms with Gasteiger partial charge in [-0.3, -0.25) is 0 Å². The summed E-state index contributed by atoms with van der Waals surface area (Å²) in [6.45, 7) is 9.32. The molecule has 0 N–H and O–H groups in total. The molecule has 0 aliphatic carbocycles. The molecule has 10 heteroatoms. The number of hydrogen-bond acceptors (Lipinski definition) is 6. The second kappa shape index (κ2) is 20.8. The summed E-state index contributed by atoms with van der Waals surface area (Å²) in [7, 11) is 0. The van der Waals surface area contributed by atoms with Gasteiger partial charge in [0.1, 0.15) is 0 Å². The van der Waals surface area contributed by atoms with E-state index >= 15 is 0 Å². The van der Waals surface area contributed by atoms with Crippen molar-refractivity contribution in [2.45, 2.75) is 130 Å². The third-order valence-electron chi connectivity index (χ3n) is 11.1. The van der Waals surface area contributed by atoms with Crippen LogP contribution in [0.2, 0.25) is 0 Å². The number of benzene rings is 4. The predicted octanol–water partition coefficient (Wildman–Crippen LogP) is 12.7. The van der Waals surface area contributed by atoms with Gasteiger partial charge in [-0.05, 0) is 0 Å². The molecule has 0 radical (unpaired) electrons. The van der Waals surface area contributed by atoms with Crippen molar-refractivity contribution in [1.29, 1.82) is 0 Å². The molecule has 4 heterocycles. The van der Waals surface area contributed by atoms with E-state index < -0.39 is 56.9 Å². The molecule has 4 fully saturated rings. The van der Waals surface area contributed by atoms with Crippen LogP contribution in [0, 0.1) is 0 Å². The fourth-order valence-corrected chi connectivity index (χ4v) is 1520. The average Bonchev–Trinajstić information content (AvgIpc) is 3.19. The van der Waals surface area contributed by atoms with E-state index in [9.17, 15) is 0 Å². The van der Waals surface area contributed by atoms with Gasteiger partial charge in [-0.15, -0.1) is 0 Å². The molecule has 0 aromatic heterocycles. The van der Waals surface area contributed by atoms with Crippen LogP contribution < -0.4 is 14.3 Å². The second-order valence-corrected chi connectivity index (χ2v) is 187. The van der Waals surface area contributed by atoms with Crippen LogP contribution in [0.15, 0.2) is 97.1 Å². The van der Waals surface area contributed by atoms with Gasteiger partial charge in [0.25, 0.3) is 0 Å². The summed E-state index contributed by atoms with van der Waals surface area (Å²) < 4.78 is 7.32. The zero-order chi connectivity index (χ0) is 37.5. The molecule has 4 saturated heterocycles. The van der Waals surface area contributed by atoms with Crippen LogP contribution in [-0.4, -0.2) is 56.9 Å². The Balaban J connectivity index is 1.34. The Labute approximate surface area is 352 Å². The SMILES string of the molecule is CCCCCc1cc[c]([Sn]23[S][Sn]4([c]5ccc(CCCCC)cc5)[S][Sn]([c]5ccc(CCCCC)cc5)([S]2)[S][Sn]([c]2ccc(CCCCC)cc2)([S]3)[S]4)cc1. The Morgan fingerprint density at radius 2 is 0.463 bits per heavy atom. The van der Waals surface area contributed by atoms with Crippen LogP contribution in [0.4, 0.5) is 0 Å². The topological polar surface area (TPSA) is 0 Å². The number of hydrogen-bond donors (Lipinski definition) is 0. The Morgan fingerprint density at radius 3 is 0.630 bits per heavy atom. The van der Waals surface area contributed by atoms with Crippen molar-refractivity contribution in [2.24, 2.45) is 0 Å². The first-order valence-electron chi connectivity index (χ1n) is 21.0. The van der Waals surface area contributed by atoms with Gasteiger partial charge in [0.2, 0.25) is 0 Å². The molecule has 4 bridgehead atoms. The van der Waals surface area contributed by atoms with Crippen molar-refractivity contribution in [1.82, 2.24) is 0 Å². The maximum absolute atomic E-state index is 3.08. The second-order valence-electron chi connectivity index (χ2n) is 15.5. The molecule has 8 rings (SSSR count). The molecule has 0 unspecified atom stereocenters. The minimum absolute atomic E-state index is 1.24. The van der Waals surface area contributed by atoms with Crippen molar-refractivity contribution in [3.8, 4) is 0 Å². The van der Waals surface area contributed by atoms with Crippen molar-refractivity contribution >= 4 is 108 Å². The summed E-state index contributed by atoms with van der Waals surface area (Å²) in [4.78, 5) is 0. The van der Waals surface area contributed by atoms with Crippen molar-refractivity contribution < 1.29 is 0 Å². The van der Waals surface area contributed by atoms with E-state index in [4.69, 9.17) is 0 Å². The quantitative estimate of drug-likeness (QED) is 0.0634. The minimum atomic E-state index is -3.08. The summed E-state index contributed by atoms with van der Waals surface area (Å²) in [6, 6.07) is 42.1. The molecule has 4 aromatic rings. The predicted molar refractivity (Wildman–Crippen MR) is 266 cm³/mol. The molecular weight excluding hydrogens is 1200 g/mol. The molecule has 0 nitrogen and oxygen atoms in total. The van der Waals surface area contributed by atoms with Crippen LogP contribution in [0.5, 0.6) is 0 Å². The third kappa shape index (κ3) is 10.3. The van der Waals surface area contributed by atoms with Crippen molar-refractivity contribution in [3.63, 3.8) is 0 Å². The summed E-state index contributed by atoms with van der Waals surface area (Å²) in [5.41, 5.74) is 6.25. The van der Waals surface area contributed by atoms with E-state index in [2.05, 4.69) is 162 Å². The molecule has 4 aromatic carbocycles. The molecule has 54 heavy (non-hydrogen) atoms. The van der Waals surface area contributed by atoms with Gasteiger partial charge in [0.15, 0.2) is 0 Å². The Hall–Kier alpha value is 2.17. The van der Waals surface area contributed by atoms with Gasteiger partial charge >= 0.3 is 358 Å². The Morgan fingerprint density at radius 1 is 0.278 bits per heavy atom. The summed E-state index contributed by atoms with van der Waals surface area (Å²) in [5, 5.41) is 0. The molecule has 0 saturated carbocycles. The summed E-state index contributed by atoms with van der Waals surface area (Å²) >= 11 is -12.3. The normalized spacial score (nSPS) is 25.7.